The summed E-state index contributed by atoms with van der Waals surface area (Å²) in [5.41, 5.74) is 0. The molecule has 1 aromatic rings. The third-order valence-corrected chi connectivity index (χ3v) is 4.40. The van der Waals surface area contributed by atoms with Gasteiger partial charge in [0.25, 0.3) is 0 Å². The standard InChI is InChI=1S/C12H20BrNS/c1-4-10(3)7-14(5-2)8-12-6-11(13)9-15-12/h6,9-10H,4-5,7-8H2,1-3H3. The van der Waals surface area contributed by atoms with Crippen LogP contribution in [0.15, 0.2) is 15.9 Å². The van der Waals surface area contributed by atoms with E-state index in [2.05, 4.69) is 53.0 Å². The van der Waals surface area contributed by atoms with Crippen LogP contribution in [0, 0.1) is 5.92 Å². The molecule has 1 atom stereocenters. The fourth-order valence-corrected chi connectivity index (χ4v) is 3.02. The highest BCUT2D eigenvalue weighted by Gasteiger charge is 2.08. The molecule has 0 N–H and O–H groups in total. The number of nitrogens with zero attached hydrogens (tertiary/aromatic N) is 1. The van der Waals surface area contributed by atoms with Crippen molar-refractivity contribution in [2.75, 3.05) is 13.1 Å². The SMILES string of the molecule is CCC(C)CN(CC)Cc1cc(Br)cs1. The average molecular weight is 290 g/mol. The molecule has 0 radical (unpaired) electrons. The molecular formula is C12H20BrNS. The van der Waals surface area contributed by atoms with E-state index < -0.39 is 0 Å². The molecule has 1 rings (SSSR count). The molecule has 0 fully saturated rings. The van der Waals surface area contributed by atoms with Crippen LogP contribution in [0.4, 0.5) is 0 Å². The van der Waals surface area contributed by atoms with E-state index in [4.69, 9.17) is 0 Å². The fraction of sp³-hybridized carbons (Fsp3) is 0.667. The van der Waals surface area contributed by atoms with Crippen LogP contribution in [0.25, 0.3) is 0 Å². The number of halogens is 1. The minimum atomic E-state index is 0.799. The van der Waals surface area contributed by atoms with Gasteiger partial charge < -0.3 is 0 Å². The van der Waals surface area contributed by atoms with Gasteiger partial charge in [-0.2, -0.15) is 0 Å². The lowest BCUT2D eigenvalue weighted by Crippen LogP contribution is -2.27. The normalized spacial score (nSPS) is 13.4. The van der Waals surface area contributed by atoms with E-state index in [1.54, 1.807) is 0 Å². The van der Waals surface area contributed by atoms with Gasteiger partial charge in [0.05, 0.1) is 0 Å². The Bertz CT molecular complexity index is 285. The maximum atomic E-state index is 3.50. The molecule has 0 spiro atoms. The summed E-state index contributed by atoms with van der Waals surface area (Å²) in [5, 5.41) is 2.16. The van der Waals surface area contributed by atoms with Crippen molar-refractivity contribution in [2.24, 2.45) is 5.92 Å². The molecule has 0 aliphatic rings. The first-order valence-corrected chi connectivity index (χ1v) is 7.28. The summed E-state index contributed by atoms with van der Waals surface area (Å²) in [5.74, 6) is 0.799. The first-order chi connectivity index (χ1) is 7.15. The van der Waals surface area contributed by atoms with Crippen molar-refractivity contribution < 1.29 is 0 Å². The van der Waals surface area contributed by atoms with Crippen molar-refractivity contribution in [3.05, 3.63) is 20.8 Å². The zero-order valence-corrected chi connectivity index (χ0v) is 12.2. The van der Waals surface area contributed by atoms with Gasteiger partial charge in [-0.1, -0.05) is 27.2 Å². The highest BCUT2D eigenvalue weighted by Crippen LogP contribution is 2.21. The predicted molar refractivity (Wildman–Crippen MR) is 72.4 cm³/mol. The second kappa shape index (κ2) is 6.66. The Morgan fingerprint density at radius 3 is 2.67 bits per heavy atom. The van der Waals surface area contributed by atoms with E-state index in [-0.39, 0.29) is 0 Å². The van der Waals surface area contributed by atoms with Crippen LogP contribution in [0.3, 0.4) is 0 Å². The van der Waals surface area contributed by atoms with Gasteiger partial charge in [0.1, 0.15) is 0 Å². The van der Waals surface area contributed by atoms with E-state index in [0.717, 1.165) is 19.0 Å². The molecule has 0 aliphatic carbocycles. The minimum absolute atomic E-state index is 0.799. The summed E-state index contributed by atoms with van der Waals surface area (Å²) >= 11 is 5.34. The molecule has 1 unspecified atom stereocenters. The summed E-state index contributed by atoms with van der Waals surface area (Å²) in [4.78, 5) is 3.97. The van der Waals surface area contributed by atoms with Gasteiger partial charge >= 0.3 is 0 Å². The summed E-state index contributed by atoms with van der Waals surface area (Å²) in [6, 6.07) is 2.23. The second-order valence-electron chi connectivity index (χ2n) is 4.07. The first kappa shape index (κ1) is 13.2. The molecule has 0 aliphatic heterocycles. The number of hydrogen-bond donors (Lipinski definition) is 0. The lowest BCUT2D eigenvalue weighted by Gasteiger charge is -2.22. The van der Waals surface area contributed by atoms with Crippen LogP contribution in [-0.2, 0) is 6.54 Å². The van der Waals surface area contributed by atoms with Gasteiger partial charge in [0.15, 0.2) is 0 Å². The molecule has 1 heterocycles. The van der Waals surface area contributed by atoms with Crippen molar-refractivity contribution >= 4 is 27.3 Å². The van der Waals surface area contributed by atoms with Crippen LogP contribution in [0.5, 0.6) is 0 Å². The smallest absolute Gasteiger partial charge is 0.0328 e. The van der Waals surface area contributed by atoms with E-state index >= 15 is 0 Å². The van der Waals surface area contributed by atoms with Crippen LogP contribution >= 0.6 is 27.3 Å². The van der Waals surface area contributed by atoms with Crippen LogP contribution in [0.2, 0.25) is 0 Å². The quantitative estimate of drug-likeness (QED) is 0.751. The largest absolute Gasteiger partial charge is 0.298 e. The van der Waals surface area contributed by atoms with E-state index in [0.29, 0.717) is 0 Å². The Kier molecular flexibility index (Phi) is 5.87. The number of rotatable bonds is 6. The maximum absolute atomic E-state index is 3.50. The lowest BCUT2D eigenvalue weighted by molar-refractivity contribution is 0.240. The molecule has 15 heavy (non-hydrogen) atoms. The van der Waals surface area contributed by atoms with E-state index in [1.165, 1.54) is 22.3 Å². The van der Waals surface area contributed by atoms with Crippen molar-refractivity contribution in [1.82, 2.24) is 4.90 Å². The van der Waals surface area contributed by atoms with Gasteiger partial charge in [-0.25, -0.2) is 0 Å². The third-order valence-electron chi connectivity index (χ3n) is 2.72. The Hall–Kier alpha value is 0.140. The van der Waals surface area contributed by atoms with Gasteiger partial charge in [-0.05, 0) is 34.5 Å². The Morgan fingerprint density at radius 1 is 1.47 bits per heavy atom. The molecule has 0 saturated heterocycles. The molecule has 0 aromatic carbocycles. The zero-order valence-electron chi connectivity index (χ0n) is 9.79. The van der Waals surface area contributed by atoms with Crippen LogP contribution in [0.1, 0.15) is 32.1 Å². The van der Waals surface area contributed by atoms with Crippen molar-refractivity contribution in [1.29, 1.82) is 0 Å². The summed E-state index contributed by atoms with van der Waals surface area (Å²) in [7, 11) is 0. The molecule has 0 amide bonds. The average Bonchev–Trinajstić information content (AvgIpc) is 2.62. The summed E-state index contributed by atoms with van der Waals surface area (Å²) in [6.07, 6.45) is 1.27. The molecule has 0 saturated carbocycles. The van der Waals surface area contributed by atoms with Crippen LogP contribution in [-0.4, -0.2) is 18.0 Å². The van der Waals surface area contributed by atoms with Gasteiger partial charge in [0.2, 0.25) is 0 Å². The van der Waals surface area contributed by atoms with E-state index in [9.17, 15) is 0 Å². The van der Waals surface area contributed by atoms with Crippen molar-refractivity contribution in [3.63, 3.8) is 0 Å². The molecule has 3 heteroatoms. The molecule has 1 nitrogen and oxygen atoms in total. The highest BCUT2D eigenvalue weighted by molar-refractivity contribution is 9.10. The topological polar surface area (TPSA) is 3.24 Å². The number of thiophene rings is 1. The van der Waals surface area contributed by atoms with Gasteiger partial charge in [0, 0.05) is 27.8 Å². The molecular weight excluding hydrogens is 270 g/mol. The molecule has 86 valence electrons. The zero-order chi connectivity index (χ0) is 11.3. The number of hydrogen-bond acceptors (Lipinski definition) is 2. The molecule has 1 aromatic heterocycles. The predicted octanol–water partition coefficient (Wildman–Crippen LogP) is 4.38. The molecule has 0 bridgehead atoms. The maximum Gasteiger partial charge on any atom is 0.0328 e. The monoisotopic (exact) mass is 289 g/mol. The lowest BCUT2D eigenvalue weighted by atomic mass is 10.1. The minimum Gasteiger partial charge on any atom is -0.298 e. The Labute approximate surface area is 106 Å². The summed E-state index contributed by atoms with van der Waals surface area (Å²) in [6.45, 7) is 10.3. The van der Waals surface area contributed by atoms with Gasteiger partial charge in [-0.3, -0.25) is 4.90 Å². The highest BCUT2D eigenvalue weighted by atomic mass is 79.9. The Balaban J connectivity index is 2.46. The third kappa shape index (κ3) is 4.66. The van der Waals surface area contributed by atoms with E-state index in [1.807, 2.05) is 11.3 Å². The van der Waals surface area contributed by atoms with Crippen molar-refractivity contribution in [2.45, 2.75) is 33.7 Å². The Morgan fingerprint density at radius 2 is 2.20 bits per heavy atom. The summed E-state index contributed by atoms with van der Waals surface area (Å²) < 4.78 is 1.21. The fourth-order valence-electron chi connectivity index (χ4n) is 1.53. The van der Waals surface area contributed by atoms with Gasteiger partial charge in [-0.15, -0.1) is 11.3 Å². The first-order valence-electron chi connectivity index (χ1n) is 5.61. The second-order valence-corrected chi connectivity index (χ2v) is 5.98. The van der Waals surface area contributed by atoms with Crippen LogP contribution < -0.4 is 0 Å². The van der Waals surface area contributed by atoms with Crippen molar-refractivity contribution in [3.8, 4) is 0 Å².